The van der Waals surface area contributed by atoms with Gasteiger partial charge in [0.1, 0.15) is 6.10 Å². The van der Waals surface area contributed by atoms with Gasteiger partial charge in [-0.15, -0.1) is 0 Å². The van der Waals surface area contributed by atoms with E-state index in [4.69, 9.17) is 9.47 Å². The molecule has 0 amide bonds. The van der Waals surface area contributed by atoms with Crippen LogP contribution in [0.3, 0.4) is 0 Å². The molecule has 0 bridgehead atoms. The molecular weight excluding hydrogens is 464 g/mol. The van der Waals surface area contributed by atoms with Crippen LogP contribution in [0.2, 0.25) is 0 Å². The van der Waals surface area contributed by atoms with E-state index < -0.39 is 0 Å². The molecule has 4 fully saturated rings. The van der Waals surface area contributed by atoms with E-state index in [1.165, 1.54) is 26.4 Å². The van der Waals surface area contributed by atoms with Gasteiger partial charge in [-0.05, 0) is 111 Å². The molecule has 1 N–H and O–H groups in total. The van der Waals surface area contributed by atoms with Crippen molar-refractivity contribution in [2.24, 2.45) is 46.3 Å². The zero-order valence-corrected chi connectivity index (χ0v) is 23.2. The first-order valence-corrected chi connectivity index (χ1v) is 14.7. The molecular formula is C32H46O5. The van der Waals surface area contributed by atoms with Crippen LogP contribution < -0.4 is 0 Å². The van der Waals surface area contributed by atoms with Gasteiger partial charge in [0.05, 0.1) is 18.8 Å². The normalized spacial score (nSPS) is 41.6. The molecule has 0 saturated heterocycles. The quantitative estimate of drug-likeness (QED) is 0.447. The van der Waals surface area contributed by atoms with E-state index >= 15 is 0 Å². The maximum atomic E-state index is 13.4. The fourth-order valence-electron chi connectivity index (χ4n) is 9.73. The van der Waals surface area contributed by atoms with E-state index in [-0.39, 0.29) is 35.0 Å². The first-order valence-electron chi connectivity index (χ1n) is 14.7. The summed E-state index contributed by atoms with van der Waals surface area (Å²) in [5.41, 5.74) is 0.722. The first-order chi connectivity index (χ1) is 17.7. The molecule has 0 aliphatic heterocycles. The van der Waals surface area contributed by atoms with Gasteiger partial charge >= 0.3 is 11.9 Å². The van der Waals surface area contributed by atoms with Gasteiger partial charge in [-0.3, -0.25) is 4.79 Å². The van der Waals surface area contributed by atoms with Crippen molar-refractivity contribution in [3.8, 4) is 0 Å². The standard InChI is InChI=1S/C32H46O5/c1-20(10-15-29(34)36-4)25-13-14-26-24-12-11-22-18-23(33)16-17-31(22,2)27(24)19-28(32(25,26)3)37-30(35)21-8-6-5-7-9-21/h5-9,20,22-28,33H,10-19H2,1-4H3/t20-,22-,23-,24+,25-,26+,27+,28+,31+,32-/m1/s1. The van der Waals surface area contributed by atoms with E-state index in [1.807, 2.05) is 30.3 Å². The van der Waals surface area contributed by atoms with Crippen LogP contribution in [0, 0.1) is 46.3 Å². The number of benzene rings is 1. The lowest BCUT2D eigenvalue weighted by Gasteiger charge is -2.62. The molecule has 1 aromatic rings. The summed E-state index contributed by atoms with van der Waals surface area (Å²) in [7, 11) is 1.46. The average Bonchev–Trinajstić information content (AvgIpc) is 3.26. The van der Waals surface area contributed by atoms with Crippen molar-refractivity contribution in [1.29, 1.82) is 0 Å². The Hall–Kier alpha value is -1.88. The lowest BCUT2D eigenvalue weighted by atomic mass is 9.43. The number of aliphatic hydroxyl groups excluding tert-OH is 1. The molecule has 0 unspecified atom stereocenters. The molecule has 4 aliphatic rings. The Morgan fingerprint density at radius 3 is 2.51 bits per heavy atom. The molecule has 1 aromatic carbocycles. The van der Waals surface area contributed by atoms with Crippen LogP contribution >= 0.6 is 0 Å². The third kappa shape index (κ3) is 4.64. The maximum absolute atomic E-state index is 13.4. The average molecular weight is 511 g/mol. The highest BCUT2D eigenvalue weighted by Crippen LogP contribution is 2.69. The molecule has 10 atom stereocenters. The van der Waals surface area contributed by atoms with Crippen molar-refractivity contribution in [1.82, 2.24) is 0 Å². The van der Waals surface area contributed by atoms with Crippen LogP contribution in [0.1, 0.15) is 95.3 Å². The number of esters is 2. The molecule has 0 radical (unpaired) electrons. The van der Waals surface area contributed by atoms with E-state index in [0.29, 0.717) is 47.5 Å². The summed E-state index contributed by atoms with van der Waals surface area (Å²) >= 11 is 0. The summed E-state index contributed by atoms with van der Waals surface area (Å²) in [5, 5.41) is 10.4. The highest BCUT2D eigenvalue weighted by molar-refractivity contribution is 5.89. The predicted molar refractivity (Wildman–Crippen MR) is 143 cm³/mol. The number of hydrogen-bond donors (Lipinski definition) is 1. The minimum atomic E-state index is -0.214. The third-order valence-corrected chi connectivity index (χ3v) is 11.8. The van der Waals surface area contributed by atoms with Crippen molar-refractivity contribution in [2.75, 3.05) is 7.11 Å². The highest BCUT2D eigenvalue weighted by Gasteiger charge is 2.65. The number of hydrogen-bond acceptors (Lipinski definition) is 5. The molecule has 5 heteroatoms. The fraction of sp³-hybridized carbons (Fsp3) is 0.750. The Kier molecular flexibility index (Phi) is 7.48. The summed E-state index contributed by atoms with van der Waals surface area (Å²) in [6, 6.07) is 9.41. The van der Waals surface area contributed by atoms with E-state index in [0.717, 1.165) is 38.5 Å². The molecule has 0 spiro atoms. The zero-order chi connectivity index (χ0) is 26.4. The van der Waals surface area contributed by atoms with Gasteiger partial charge in [0.25, 0.3) is 0 Å². The van der Waals surface area contributed by atoms with Gasteiger partial charge in [0.15, 0.2) is 0 Å². The second-order valence-corrected chi connectivity index (χ2v) is 13.2. The van der Waals surface area contributed by atoms with Crippen molar-refractivity contribution in [3.05, 3.63) is 35.9 Å². The summed E-state index contributed by atoms with van der Waals surface area (Å²) in [4.78, 5) is 25.4. The number of carbonyl (C=O) groups is 2. The highest BCUT2D eigenvalue weighted by atomic mass is 16.5. The summed E-state index contributed by atoms with van der Waals surface area (Å²) in [6.07, 6.45) is 9.48. The molecule has 37 heavy (non-hydrogen) atoms. The number of methoxy groups -OCH3 is 1. The molecule has 5 rings (SSSR count). The molecule has 5 nitrogen and oxygen atoms in total. The lowest BCUT2D eigenvalue weighted by Crippen LogP contribution is -2.59. The topological polar surface area (TPSA) is 72.8 Å². The van der Waals surface area contributed by atoms with Crippen LogP contribution in [0.15, 0.2) is 30.3 Å². The number of ether oxygens (including phenoxy) is 2. The fourth-order valence-corrected chi connectivity index (χ4v) is 9.73. The third-order valence-electron chi connectivity index (χ3n) is 11.8. The zero-order valence-electron chi connectivity index (χ0n) is 23.2. The minimum absolute atomic E-state index is 0.0987. The van der Waals surface area contributed by atoms with Gasteiger partial charge in [-0.1, -0.05) is 39.0 Å². The number of rotatable bonds is 6. The second-order valence-electron chi connectivity index (χ2n) is 13.2. The van der Waals surface area contributed by atoms with Crippen molar-refractivity contribution >= 4 is 11.9 Å². The van der Waals surface area contributed by atoms with Gasteiger partial charge in [-0.2, -0.15) is 0 Å². The Morgan fingerprint density at radius 1 is 1.03 bits per heavy atom. The van der Waals surface area contributed by atoms with Crippen molar-refractivity contribution in [2.45, 2.75) is 97.2 Å². The first kappa shape index (κ1) is 26.7. The van der Waals surface area contributed by atoms with Gasteiger partial charge in [-0.25, -0.2) is 4.79 Å². The second kappa shape index (κ2) is 10.4. The number of fused-ring (bicyclic) bond motifs is 5. The Bertz CT molecular complexity index is 977. The van der Waals surface area contributed by atoms with Crippen molar-refractivity contribution in [3.63, 3.8) is 0 Å². The van der Waals surface area contributed by atoms with Crippen LogP contribution in [0.5, 0.6) is 0 Å². The van der Waals surface area contributed by atoms with Gasteiger partial charge in [0.2, 0.25) is 0 Å². The summed E-state index contributed by atoms with van der Waals surface area (Å²) < 4.78 is 11.5. The smallest absolute Gasteiger partial charge is 0.338 e. The monoisotopic (exact) mass is 510 g/mol. The molecule has 4 aliphatic carbocycles. The van der Waals surface area contributed by atoms with Crippen LogP contribution in [-0.2, 0) is 14.3 Å². The molecule has 204 valence electrons. The van der Waals surface area contributed by atoms with E-state index in [9.17, 15) is 14.7 Å². The van der Waals surface area contributed by atoms with Crippen LogP contribution in [0.25, 0.3) is 0 Å². The van der Waals surface area contributed by atoms with Gasteiger partial charge in [0, 0.05) is 11.8 Å². The maximum Gasteiger partial charge on any atom is 0.338 e. The van der Waals surface area contributed by atoms with Crippen LogP contribution in [-0.4, -0.2) is 36.4 Å². The number of aliphatic hydroxyl groups is 1. The van der Waals surface area contributed by atoms with Gasteiger partial charge < -0.3 is 14.6 Å². The lowest BCUT2D eigenvalue weighted by molar-refractivity contribution is -0.176. The predicted octanol–water partition coefficient (Wildman–Crippen LogP) is 6.43. The Labute approximate surface area is 222 Å². The molecule has 0 aromatic heterocycles. The summed E-state index contributed by atoms with van der Waals surface area (Å²) in [5.74, 6) is 2.66. The largest absolute Gasteiger partial charge is 0.469 e. The van der Waals surface area contributed by atoms with E-state index in [1.54, 1.807) is 0 Å². The Balaban J connectivity index is 1.46. The Morgan fingerprint density at radius 2 is 1.78 bits per heavy atom. The van der Waals surface area contributed by atoms with E-state index in [2.05, 4.69) is 20.8 Å². The van der Waals surface area contributed by atoms with Crippen molar-refractivity contribution < 1.29 is 24.2 Å². The molecule has 4 saturated carbocycles. The summed E-state index contributed by atoms with van der Waals surface area (Å²) in [6.45, 7) is 7.16. The minimum Gasteiger partial charge on any atom is -0.469 e. The SMILES string of the molecule is COC(=O)CC[C@@H](C)[C@H]1CC[C@H]2[C@@H]3CC[C@@H]4C[C@H](O)CC[C@]4(C)[C@H]3C[C@H](OC(=O)c3ccccc3)[C@]12C. The molecule has 0 heterocycles. The number of carbonyl (C=O) groups excluding carboxylic acids is 2. The van der Waals surface area contributed by atoms with Crippen LogP contribution in [0.4, 0.5) is 0 Å².